The second-order valence-electron chi connectivity index (χ2n) is 13.3. The molecule has 0 spiro atoms. The zero-order valence-electron chi connectivity index (χ0n) is 30.3. The SMILES string of the molecule is CCCC/C=C\CCCCCC(O)C(=O)NC(CS(=O)(=O)O)C(O)/C=C/CC/C=C/CCCCCCCCCCCCCCCCC. The van der Waals surface area contributed by atoms with E-state index < -0.39 is 40.0 Å². The van der Waals surface area contributed by atoms with Crippen molar-refractivity contribution in [1.82, 2.24) is 5.32 Å². The lowest BCUT2D eigenvalue weighted by molar-refractivity contribution is -0.130. The van der Waals surface area contributed by atoms with Crippen LogP contribution in [0.4, 0.5) is 0 Å². The number of carbonyl (C=O) groups is 1. The van der Waals surface area contributed by atoms with Crippen LogP contribution in [0.1, 0.15) is 181 Å². The molecule has 0 rings (SSSR count). The number of unbranched alkanes of at least 4 members (excludes halogenated alkanes) is 21. The summed E-state index contributed by atoms with van der Waals surface area (Å²) in [5.74, 6) is -1.58. The number of hydrogen-bond donors (Lipinski definition) is 4. The van der Waals surface area contributed by atoms with Crippen LogP contribution < -0.4 is 5.32 Å². The van der Waals surface area contributed by atoms with E-state index in [9.17, 15) is 28.0 Å². The molecule has 0 aliphatic rings. The van der Waals surface area contributed by atoms with Crippen LogP contribution >= 0.6 is 0 Å². The molecule has 1 amide bonds. The van der Waals surface area contributed by atoms with Gasteiger partial charge in [-0.1, -0.05) is 166 Å². The molecular formula is C39H73NO6S. The number of aliphatic hydroxyl groups excluding tert-OH is 2. The fraction of sp³-hybridized carbons (Fsp3) is 0.821. The highest BCUT2D eigenvalue weighted by atomic mass is 32.2. The van der Waals surface area contributed by atoms with E-state index in [1.807, 2.05) is 0 Å². The van der Waals surface area contributed by atoms with E-state index in [2.05, 4.69) is 43.5 Å². The first-order valence-electron chi connectivity index (χ1n) is 19.3. The maximum Gasteiger partial charge on any atom is 0.267 e. The molecule has 0 bridgehead atoms. The maximum absolute atomic E-state index is 12.5. The number of allylic oxidation sites excluding steroid dienone is 5. The third-order valence-corrected chi connectivity index (χ3v) is 9.43. The highest BCUT2D eigenvalue weighted by Crippen LogP contribution is 2.14. The molecule has 0 aromatic rings. The Kier molecular flexibility index (Phi) is 32.0. The lowest BCUT2D eigenvalue weighted by Gasteiger charge is -2.22. The van der Waals surface area contributed by atoms with E-state index in [-0.39, 0.29) is 6.42 Å². The Hall–Kier alpha value is -1.48. The zero-order chi connectivity index (χ0) is 34.9. The standard InChI is InChI=1S/C39H73NO6S/c1-3-5-7-9-11-13-14-15-16-17-18-19-20-21-22-23-24-26-27-29-31-33-37(41)36(35-47(44,45)46)40-39(43)38(42)34-32-30-28-25-12-10-8-6-4-2/h10,12,24,26,31,33,36-38,41-42H,3-9,11,13-23,25,27-30,32,34-35H2,1-2H3,(H,40,43)(H,44,45,46)/b12-10-,26-24+,33-31+. The van der Waals surface area contributed by atoms with Gasteiger partial charge in [-0.15, -0.1) is 0 Å². The van der Waals surface area contributed by atoms with Crippen molar-refractivity contribution in [2.75, 3.05) is 5.75 Å². The first-order chi connectivity index (χ1) is 22.7. The van der Waals surface area contributed by atoms with Gasteiger partial charge in [-0.2, -0.15) is 8.42 Å². The van der Waals surface area contributed by atoms with Crippen LogP contribution in [-0.2, 0) is 14.9 Å². The van der Waals surface area contributed by atoms with Crippen LogP contribution in [0.25, 0.3) is 0 Å². The first kappa shape index (κ1) is 45.5. The van der Waals surface area contributed by atoms with E-state index in [1.165, 1.54) is 115 Å². The van der Waals surface area contributed by atoms with Gasteiger partial charge in [0.05, 0.1) is 17.9 Å². The molecule has 276 valence electrons. The lowest BCUT2D eigenvalue weighted by Crippen LogP contribution is -2.50. The fourth-order valence-electron chi connectivity index (χ4n) is 5.63. The predicted octanol–water partition coefficient (Wildman–Crippen LogP) is 9.93. The fourth-order valence-corrected chi connectivity index (χ4v) is 6.36. The summed E-state index contributed by atoms with van der Waals surface area (Å²) in [4.78, 5) is 12.5. The lowest BCUT2D eigenvalue weighted by atomic mass is 10.0. The molecule has 0 saturated carbocycles. The van der Waals surface area contributed by atoms with Gasteiger partial charge in [0.15, 0.2) is 0 Å². The minimum atomic E-state index is -4.45. The molecule has 4 N–H and O–H groups in total. The summed E-state index contributed by atoms with van der Waals surface area (Å²) in [6.07, 6.45) is 39.4. The number of hydrogen-bond acceptors (Lipinski definition) is 5. The Morgan fingerprint density at radius 2 is 0.979 bits per heavy atom. The van der Waals surface area contributed by atoms with Crippen LogP contribution in [0.2, 0.25) is 0 Å². The van der Waals surface area contributed by atoms with E-state index in [1.54, 1.807) is 6.08 Å². The second-order valence-corrected chi connectivity index (χ2v) is 14.8. The van der Waals surface area contributed by atoms with E-state index in [4.69, 9.17) is 0 Å². The van der Waals surface area contributed by atoms with Crippen molar-refractivity contribution in [3.63, 3.8) is 0 Å². The molecule has 0 saturated heterocycles. The summed E-state index contributed by atoms with van der Waals surface area (Å²) in [5.41, 5.74) is 0. The molecular weight excluding hydrogens is 610 g/mol. The Labute approximate surface area is 289 Å². The number of nitrogens with one attached hydrogen (secondary N) is 1. The Morgan fingerprint density at radius 1 is 0.574 bits per heavy atom. The van der Waals surface area contributed by atoms with Crippen LogP contribution in [0.5, 0.6) is 0 Å². The average molecular weight is 684 g/mol. The minimum absolute atomic E-state index is 0.252. The van der Waals surface area contributed by atoms with E-state index >= 15 is 0 Å². The summed E-state index contributed by atoms with van der Waals surface area (Å²) in [6.45, 7) is 4.44. The third-order valence-electron chi connectivity index (χ3n) is 8.65. The largest absolute Gasteiger partial charge is 0.387 e. The Morgan fingerprint density at radius 3 is 1.47 bits per heavy atom. The molecule has 0 fully saturated rings. The molecule has 0 heterocycles. The van der Waals surface area contributed by atoms with Crippen LogP contribution in [-0.4, -0.2) is 53.1 Å². The van der Waals surface area contributed by atoms with Crippen molar-refractivity contribution in [3.05, 3.63) is 36.5 Å². The molecule has 0 radical (unpaired) electrons. The number of aliphatic hydroxyl groups is 2. The van der Waals surface area contributed by atoms with Gasteiger partial charge in [0.25, 0.3) is 10.1 Å². The smallest absolute Gasteiger partial charge is 0.267 e. The summed E-state index contributed by atoms with van der Waals surface area (Å²) >= 11 is 0. The summed E-state index contributed by atoms with van der Waals surface area (Å²) in [6, 6.07) is -1.25. The Bertz CT molecular complexity index is 901. The van der Waals surface area contributed by atoms with Crippen molar-refractivity contribution in [2.24, 2.45) is 0 Å². The predicted molar refractivity (Wildman–Crippen MR) is 199 cm³/mol. The van der Waals surface area contributed by atoms with Gasteiger partial charge in [0, 0.05) is 0 Å². The monoisotopic (exact) mass is 684 g/mol. The van der Waals surface area contributed by atoms with Gasteiger partial charge in [0.1, 0.15) is 6.10 Å². The average Bonchev–Trinajstić information content (AvgIpc) is 3.03. The van der Waals surface area contributed by atoms with E-state index in [0.717, 1.165) is 38.5 Å². The molecule has 0 aromatic heterocycles. The second kappa shape index (κ2) is 33.0. The van der Waals surface area contributed by atoms with Crippen LogP contribution in [0, 0.1) is 0 Å². The molecule has 3 atom stereocenters. The minimum Gasteiger partial charge on any atom is -0.387 e. The molecule has 0 aromatic carbocycles. The van der Waals surface area contributed by atoms with E-state index in [0.29, 0.717) is 12.8 Å². The quantitative estimate of drug-likeness (QED) is 0.0304. The topological polar surface area (TPSA) is 124 Å². The first-order valence-corrected chi connectivity index (χ1v) is 20.9. The summed E-state index contributed by atoms with van der Waals surface area (Å²) < 4.78 is 32.4. The molecule has 8 heteroatoms. The van der Waals surface area contributed by atoms with Crippen molar-refractivity contribution in [1.29, 1.82) is 0 Å². The number of carbonyl (C=O) groups excluding carboxylic acids is 1. The molecule has 3 unspecified atom stereocenters. The van der Waals surface area contributed by atoms with Gasteiger partial charge in [-0.3, -0.25) is 9.35 Å². The number of amides is 1. The molecule has 0 aliphatic carbocycles. The number of rotatable bonds is 34. The van der Waals surface area contributed by atoms with Gasteiger partial charge in [-0.05, 0) is 51.4 Å². The van der Waals surface area contributed by atoms with Crippen molar-refractivity contribution < 1.29 is 28.0 Å². The zero-order valence-corrected chi connectivity index (χ0v) is 31.1. The maximum atomic E-state index is 12.5. The van der Waals surface area contributed by atoms with Crippen molar-refractivity contribution in [2.45, 2.75) is 199 Å². The van der Waals surface area contributed by atoms with Crippen LogP contribution in [0.3, 0.4) is 0 Å². The summed E-state index contributed by atoms with van der Waals surface area (Å²) in [5, 5.41) is 23.2. The third kappa shape index (κ3) is 32.8. The van der Waals surface area contributed by atoms with Gasteiger partial charge in [-0.25, -0.2) is 0 Å². The van der Waals surface area contributed by atoms with Crippen molar-refractivity contribution in [3.8, 4) is 0 Å². The van der Waals surface area contributed by atoms with Crippen LogP contribution in [0.15, 0.2) is 36.5 Å². The molecule has 0 aliphatic heterocycles. The molecule has 47 heavy (non-hydrogen) atoms. The normalized spacial score (nSPS) is 14.4. The summed E-state index contributed by atoms with van der Waals surface area (Å²) in [7, 11) is -4.45. The van der Waals surface area contributed by atoms with Crippen molar-refractivity contribution >= 4 is 16.0 Å². The highest BCUT2D eigenvalue weighted by Gasteiger charge is 2.27. The van der Waals surface area contributed by atoms with Gasteiger partial charge in [0.2, 0.25) is 5.91 Å². The highest BCUT2D eigenvalue weighted by molar-refractivity contribution is 7.85. The molecule has 7 nitrogen and oxygen atoms in total. The van der Waals surface area contributed by atoms with Gasteiger partial charge < -0.3 is 15.5 Å². The Balaban J connectivity index is 4.07. The van der Waals surface area contributed by atoms with Gasteiger partial charge >= 0.3 is 0 Å².